The van der Waals surface area contributed by atoms with Gasteiger partial charge in [0.05, 0.1) is 11.2 Å². The number of rotatable bonds is 6. The fraction of sp³-hybridized carbons (Fsp3) is 1.00. The molecular weight excluding hydrogens is 372 g/mol. The molecule has 0 aromatic rings. The molecule has 0 heterocycles. The van der Waals surface area contributed by atoms with Crippen LogP contribution in [0.5, 0.6) is 0 Å². The van der Waals surface area contributed by atoms with E-state index >= 15 is 0 Å². The molecule has 9 aliphatic carbocycles. The molecular formula is C27H44O3. The monoisotopic (exact) mass is 416 g/mol. The van der Waals surface area contributed by atoms with Gasteiger partial charge in [-0.2, -0.15) is 0 Å². The highest BCUT2D eigenvalue weighted by molar-refractivity contribution is 5.17. The molecule has 0 aromatic carbocycles. The van der Waals surface area contributed by atoms with E-state index in [9.17, 15) is 0 Å². The van der Waals surface area contributed by atoms with Crippen LogP contribution in [-0.2, 0) is 14.2 Å². The van der Waals surface area contributed by atoms with Crippen LogP contribution in [0.1, 0.15) is 116 Å². The summed E-state index contributed by atoms with van der Waals surface area (Å²) < 4.78 is 17.5. The van der Waals surface area contributed by atoms with Gasteiger partial charge in [0.1, 0.15) is 6.79 Å². The van der Waals surface area contributed by atoms with Crippen LogP contribution in [0.15, 0.2) is 0 Å². The van der Waals surface area contributed by atoms with Crippen molar-refractivity contribution in [2.45, 2.75) is 127 Å². The highest BCUT2D eigenvalue weighted by atomic mass is 16.7. The molecule has 0 spiro atoms. The first-order valence-electron chi connectivity index (χ1n) is 13.2. The van der Waals surface area contributed by atoms with Gasteiger partial charge in [-0.15, -0.1) is 0 Å². The molecule has 0 N–H and O–H groups in total. The standard InChI is InChI=1S/C27H44O3/c1-28-21-30-27-18-12-25(13-19-27,14-20-27)23-6-3-22(4-7-23,5-8-23)24-9-15-26(29-2,16-10-24)17-11-24/h3-21H2,1-2H3. The lowest BCUT2D eigenvalue weighted by Crippen LogP contribution is -2.62. The molecule has 3 heteroatoms. The van der Waals surface area contributed by atoms with Crippen molar-refractivity contribution in [2.24, 2.45) is 21.7 Å². The fourth-order valence-corrected chi connectivity index (χ4v) is 10.4. The predicted molar refractivity (Wildman–Crippen MR) is 118 cm³/mol. The molecule has 0 aliphatic heterocycles. The molecule has 6 bridgehead atoms. The van der Waals surface area contributed by atoms with Gasteiger partial charge in [-0.25, -0.2) is 0 Å². The van der Waals surface area contributed by atoms with E-state index in [4.69, 9.17) is 14.2 Å². The molecule has 30 heavy (non-hydrogen) atoms. The molecule has 0 atom stereocenters. The zero-order chi connectivity index (χ0) is 20.6. The number of ether oxygens (including phenoxy) is 3. The summed E-state index contributed by atoms with van der Waals surface area (Å²) in [5, 5.41) is 0. The zero-order valence-electron chi connectivity index (χ0n) is 19.7. The van der Waals surface area contributed by atoms with Gasteiger partial charge in [0.15, 0.2) is 0 Å². The van der Waals surface area contributed by atoms with Crippen molar-refractivity contribution < 1.29 is 14.2 Å². The van der Waals surface area contributed by atoms with Crippen molar-refractivity contribution in [1.29, 1.82) is 0 Å². The van der Waals surface area contributed by atoms with Gasteiger partial charge in [0.2, 0.25) is 0 Å². The third-order valence-corrected chi connectivity index (χ3v) is 12.8. The van der Waals surface area contributed by atoms with E-state index in [1.807, 2.05) is 7.11 Å². The maximum absolute atomic E-state index is 6.23. The van der Waals surface area contributed by atoms with Crippen LogP contribution in [0.2, 0.25) is 0 Å². The molecule has 9 fully saturated rings. The van der Waals surface area contributed by atoms with Gasteiger partial charge in [0, 0.05) is 14.2 Å². The van der Waals surface area contributed by atoms with E-state index in [0.717, 1.165) is 0 Å². The summed E-state index contributed by atoms with van der Waals surface area (Å²) >= 11 is 0. The molecule has 9 aliphatic rings. The van der Waals surface area contributed by atoms with E-state index in [0.29, 0.717) is 28.5 Å². The minimum atomic E-state index is 0.151. The molecule has 9 rings (SSSR count). The third-order valence-electron chi connectivity index (χ3n) is 12.8. The lowest BCUT2D eigenvalue weighted by atomic mass is 9.35. The van der Waals surface area contributed by atoms with Crippen molar-refractivity contribution in [3.63, 3.8) is 0 Å². The molecule has 0 aromatic heterocycles. The molecule has 9 saturated carbocycles. The Bertz CT molecular complexity index is 608. The summed E-state index contributed by atoms with van der Waals surface area (Å²) in [6.45, 7) is 0.479. The van der Waals surface area contributed by atoms with E-state index in [2.05, 4.69) is 0 Å². The minimum Gasteiger partial charge on any atom is -0.378 e. The van der Waals surface area contributed by atoms with Crippen molar-refractivity contribution >= 4 is 0 Å². The Morgan fingerprint density at radius 2 is 0.733 bits per heavy atom. The Balaban J connectivity index is 1.17. The van der Waals surface area contributed by atoms with Crippen molar-refractivity contribution in [3.8, 4) is 0 Å². The summed E-state index contributed by atoms with van der Waals surface area (Å²) in [6, 6.07) is 0. The summed E-state index contributed by atoms with van der Waals surface area (Å²) in [5.74, 6) is 0. The molecule has 170 valence electrons. The Morgan fingerprint density at radius 1 is 0.433 bits per heavy atom. The second-order valence-corrected chi connectivity index (χ2v) is 12.7. The lowest BCUT2D eigenvalue weighted by molar-refractivity contribution is -0.240. The van der Waals surface area contributed by atoms with E-state index < -0.39 is 0 Å². The van der Waals surface area contributed by atoms with Crippen LogP contribution < -0.4 is 0 Å². The summed E-state index contributed by atoms with van der Waals surface area (Å²) in [7, 11) is 3.73. The molecule has 0 saturated heterocycles. The number of hydrogen-bond acceptors (Lipinski definition) is 3. The van der Waals surface area contributed by atoms with Gasteiger partial charge in [0.25, 0.3) is 0 Å². The third kappa shape index (κ3) is 2.55. The summed E-state index contributed by atoms with van der Waals surface area (Å²) in [4.78, 5) is 0. The Morgan fingerprint density at radius 3 is 1.03 bits per heavy atom. The normalized spacial score (nSPS) is 54.6. The SMILES string of the molecule is COCOC12CCC(C34CCC(C56CCC(OC)(CC5)CC6)(CC3)CC4)(CC1)CC2. The maximum Gasteiger partial charge on any atom is 0.147 e. The first-order valence-corrected chi connectivity index (χ1v) is 13.2. The first-order chi connectivity index (χ1) is 14.5. The topological polar surface area (TPSA) is 27.7 Å². The van der Waals surface area contributed by atoms with Gasteiger partial charge in [-0.1, -0.05) is 0 Å². The largest absolute Gasteiger partial charge is 0.378 e. The average Bonchev–Trinajstić information content (AvgIpc) is 2.86. The predicted octanol–water partition coefficient (Wildman–Crippen LogP) is 6.78. The van der Waals surface area contributed by atoms with E-state index in [1.54, 1.807) is 26.4 Å². The smallest absolute Gasteiger partial charge is 0.147 e. The van der Waals surface area contributed by atoms with Gasteiger partial charge in [-0.3, -0.25) is 0 Å². The number of fused-ring (bicyclic) bond motifs is 9. The van der Waals surface area contributed by atoms with Crippen LogP contribution in [0.25, 0.3) is 0 Å². The zero-order valence-corrected chi connectivity index (χ0v) is 19.7. The highest BCUT2D eigenvalue weighted by Crippen LogP contribution is 2.76. The van der Waals surface area contributed by atoms with Gasteiger partial charge in [-0.05, 0) is 137 Å². The highest BCUT2D eigenvalue weighted by Gasteiger charge is 2.67. The van der Waals surface area contributed by atoms with Crippen LogP contribution in [-0.4, -0.2) is 32.2 Å². The van der Waals surface area contributed by atoms with E-state index in [-0.39, 0.29) is 11.2 Å². The van der Waals surface area contributed by atoms with Crippen molar-refractivity contribution in [1.82, 2.24) is 0 Å². The Kier molecular flexibility index (Phi) is 4.58. The van der Waals surface area contributed by atoms with Gasteiger partial charge < -0.3 is 14.2 Å². The molecule has 0 radical (unpaired) electrons. The number of hydrogen-bond donors (Lipinski definition) is 0. The summed E-state index contributed by atoms with van der Waals surface area (Å²) in [6.07, 6.45) is 25.7. The second-order valence-electron chi connectivity index (χ2n) is 12.7. The quantitative estimate of drug-likeness (QED) is 0.447. The van der Waals surface area contributed by atoms with Crippen LogP contribution in [0, 0.1) is 21.7 Å². The minimum absolute atomic E-state index is 0.151. The molecule has 0 amide bonds. The van der Waals surface area contributed by atoms with Crippen LogP contribution in [0.3, 0.4) is 0 Å². The number of methoxy groups -OCH3 is 2. The Labute approximate surface area is 184 Å². The second kappa shape index (κ2) is 6.70. The average molecular weight is 417 g/mol. The molecule has 0 unspecified atom stereocenters. The fourth-order valence-electron chi connectivity index (χ4n) is 10.4. The van der Waals surface area contributed by atoms with Crippen LogP contribution >= 0.6 is 0 Å². The van der Waals surface area contributed by atoms with Crippen molar-refractivity contribution in [3.05, 3.63) is 0 Å². The maximum atomic E-state index is 6.23. The first kappa shape index (κ1) is 20.5. The van der Waals surface area contributed by atoms with Crippen molar-refractivity contribution in [2.75, 3.05) is 21.0 Å². The van der Waals surface area contributed by atoms with Crippen LogP contribution in [0.4, 0.5) is 0 Å². The van der Waals surface area contributed by atoms with Gasteiger partial charge >= 0.3 is 0 Å². The van der Waals surface area contributed by atoms with E-state index in [1.165, 1.54) is 96.3 Å². The molecule has 3 nitrogen and oxygen atoms in total. The Hall–Kier alpha value is -0.120. The summed E-state index contributed by atoms with van der Waals surface area (Å²) in [5.41, 5.74) is 3.06. The lowest BCUT2D eigenvalue weighted by Gasteiger charge is -2.71.